The number of hydrogen-bond donors (Lipinski definition) is 3. The summed E-state index contributed by atoms with van der Waals surface area (Å²) in [6.07, 6.45) is 3.00. The highest BCUT2D eigenvalue weighted by Crippen LogP contribution is 2.16. The second-order valence-corrected chi connectivity index (χ2v) is 4.49. The summed E-state index contributed by atoms with van der Waals surface area (Å²) in [6.45, 7) is 2.34. The topological polar surface area (TPSA) is 65.1 Å². The zero-order chi connectivity index (χ0) is 13.0. The zero-order valence-electron chi connectivity index (χ0n) is 10.4. The summed E-state index contributed by atoms with van der Waals surface area (Å²) < 4.78 is 0. The van der Waals surface area contributed by atoms with E-state index in [1.807, 2.05) is 30.5 Å². The van der Waals surface area contributed by atoms with Gasteiger partial charge in [-0.25, -0.2) is 0 Å². The van der Waals surface area contributed by atoms with E-state index >= 15 is 0 Å². The van der Waals surface area contributed by atoms with Gasteiger partial charge in [0.25, 0.3) is 5.91 Å². The molecule has 0 saturated heterocycles. The van der Waals surface area contributed by atoms with Crippen molar-refractivity contribution in [3.8, 4) is 0 Å². The molecule has 18 heavy (non-hydrogen) atoms. The van der Waals surface area contributed by atoms with Gasteiger partial charge in [-0.3, -0.25) is 4.79 Å². The van der Waals surface area contributed by atoms with Crippen molar-refractivity contribution < 1.29 is 9.90 Å². The average Bonchev–Trinajstić information content (AvgIpc) is 2.82. The Kier molecular flexibility index (Phi) is 3.99. The summed E-state index contributed by atoms with van der Waals surface area (Å²) in [4.78, 5) is 15.1. The molecule has 2 rings (SSSR count). The highest BCUT2D eigenvalue weighted by molar-refractivity contribution is 6.05. The predicted molar refractivity (Wildman–Crippen MR) is 71.5 cm³/mol. The molecular weight excluding hydrogens is 228 g/mol. The van der Waals surface area contributed by atoms with Crippen LogP contribution in [0.15, 0.2) is 30.5 Å². The van der Waals surface area contributed by atoms with E-state index < -0.39 is 0 Å². The lowest BCUT2D eigenvalue weighted by atomic mass is 10.1. The molecule has 1 unspecified atom stereocenters. The molecule has 0 radical (unpaired) electrons. The molecule has 1 atom stereocenters. The van der Waals surface area contributed by atoms with E-state index in [-0.39, 0.29) is 12.0 Å². The van der Waals surface area contributed by atoms with Crippen LogP contribution in [0, 0.1) is 0 Å². The Balaban J connectivity index is 1.98. The lowest BCUT2D eigenvalue weighted by molar-refractivity contribution is 0.0951. The molecule has 0 bridgehead atoms. The number of benzene rings is 1. The van der Waals surface area contributed by atoms with Crippen LogP contribution in [0.25, 0.3) is 10.9 Å². The van der Waals surface area contributed by atoms with Crippen molar-refractivity contribution >= 4 is 16.8 Å². The van der Waals surface area contributed by atoms with E-state index in [9.17, 15) is 4.79 Å². The van der Waals surface area contributed by atoms with Crippen LogP contribution in [0.3, 0.4) is 0 Å². The van der Waals surface area contributed by atoms with Gasteiger partial charge in [-0.15, -0.1) is 0 Å². The van der Waals surface area contributed by atoms with Crippen molar-refractivity contribution in [2.45, 2.75) is 25.9 Å². The normalized spacial score (nSPS) is 12.6. The van der Waals surface area contributed by atoms with Crippen LogP contribution in [0.5, 0.6) is 0 Å². The highest BCUT2D eigenvalue weighted by atomic mass is 16.3. The Morgan fingerprint density at radius 2 is 2.28 bits per heavy atom. The van der Waals surface area contributed by atoms with Crippen LogP contribution in [0.1, 0.15) is 30.1 Å². The molecule has 96 valence electrons. The van der Waals surface area contributed by atoms with Crippen LogP contribution in [-0.4, -0.2) is 28.6 Å². The van der Waals surface area contributed by atoms with Crippen LogP contribution in [-0.2, 0) is 0 Å². The maximum Gasteiger partial charge on any atom is 0.253 e. The van der Waals surface area contributed by atoms with Crippen LogP contribution in [0.4, 0.5) is 0 Å². The van der Waals surface area contributed by atoms with Gasteiger partial charge in [0.15, 0.2) is 0 Å². The molecule has 0 fully saturated rings. The quantitative estimate of drug-likeness (QED) is 0.707. The Morgan fingerprint density at radius 3 is 3.06 bits per heavy atom. The third kappa shape index (κ3) is 2.90. The summed E-state index contributed by atoms with van der Waals surface area (Å²) >= 11 is 0. The largest absolute Gasteiger partial charge is 0.393 e. The molecule has 4 nitrogen and oxygen atoms in total. The third-order valence-corrected chi connectivity index (χ3v) is 2.92. The molecule has 3 N–H and O–H groups in total. The first-order valence-electron chi connectivity index (χ1n) is 6.21. The highest BCUT2D eigenvalue weighted by Gasteiger charge is 2.09. The molecule has 1 amide bonds. The molecule has 0 aliphatic rings. The standard InChI is InChI=1S/C14H18N2O2/c1-10(17)4-3-8-16-14(18)12-6-2-5-11-7-9-15-13(11)12/h2,5-7,9-10,15,17H,3-4,8H2,1H3,(H,16,18). The van der Waals surface area contributed by atoms with E-state index in [1.54, 1.807) is 6.92 Å². The van der Waals surface area contributed by atoms with Gasteiger partial charge >= 0.3 is 0 Å². The van der Waals surface area contributed by atoms with Gasteiger partial charge in [-0.2, -0.15) is 0 Å². The second-order valence-electron chi connectivity index (χ2n) is 4.49. The first kappa shape index (κ1) is 12.6. The number of para-hydroxylation sites is 1. The van der Waals surface area contributed by atoms with E-state index in [1.165, 1.54) is 0 Å². The molecule has 1 aromatic carbocycles. The van der Waals surface area contributed by atoms with Crippen molar-refractivity contribution in [1.82, 2.24) is 10.3 Å². The average molecular weight is 246 g/mol. The van der Waals surface area contributed by atoms with Gasteiger partial charge < -0.3 is 15.4 Å². The lowest BCUT2D eigenvalue weighted by Crippen LogP contribution is -2.25. The van der Waals surface area contributed by atoms with Crippen molar-refractivity contribution in [3.05, 3.63) is 36.0 Å². The Bertz CT molecular complexity index is 531. The number of H-pyrrole nitrogens is 1. The first-order chi connectivity index (χ1) is 8.68. The second kappa shape index (κ2) is 5.69. The van der Waals surface area contributed by atoms with E-state index in [4.69, 9.17) is 5.11 Å². The van der Waals surface area contributed by atoms with Crippen molar-refractivity contribution in [1.29, 1.82) is 0 Å². The van der Waals surface area contributed by atoms with Gasteiger partial charge in [0.05, 0.1) is 17.2 Å². The molecule has 0 saturated carbocycles. The summed E-state index contributed by atoms with van der Waals surface area (Å²) in [6, 6.07) is 7.60. The fraction of sp³-hybridized carbons (Fsp3) is 0.357. The lowest BCUT2D eigenvalue weighted by Gasteiger charge is -2.07. The predicted octanol–water partition coefficient (Wildman–Crippen LogP) is 2.06. The number of nitrogens with one attached hydrogen (secondary N) is 2. The number of aliphatic hydroxyl groups is 1. The number of carbonyl (C=O) groups is 1. The fourth-order valence-corrected chi connectivity index (χ4v) is 1.97. The molecule has 4 heteroatoms. The Labute approximate surface area is 106 Å². The van der Waals surface area contributed by atoms with Gasteiger partial charge in [0.2, 0.25) is 0 Å². The molecule has 1 heterocycles. The van der Waals surface area contributed by atoms with Crippen molar-refractivity contribution in [2.75, 3.05) is 6.54 Å². The molecule has 2 aromatic rings. The maximum absolute atomic E-state index is 12.0. The maximum atomic E-state index is 12.0. The first-order valence-corrected chi connectivity index (χ1v) is 6.21. The summed E-state index contributed by atoms with van der Waals surface area (Å²) in [5.74, 6) is -0.0753. The Morgan fingerprint density at radius 1 is 1.44 bits per heavy atom. The SMILES string of the molecule is CC(O)CCCNC(=O)c1cccc2cc[nH]c12. The number of rotatable bonds is 5. The van der Waals surface area contributed by atoms with Gasteiger partial charge in [-0.1, -0.05) is 12.1 Å². The fourth-order valence-electron chi connectivity index (χ4n) is 1.97. The number of fused-ring (bicyclic) bond motifs is 1. The minimum absolute atomic E-state index is 0.0753. The van der Waals surface area contributed by atoms with Crippen LogP contribution >= 0.6 is 0 Å². The van der Waals surface area contributed by atoms with E-state index in [2.05, 4.69) is 10.3 Å². The van der Waals surface area contributed by atoms with E-state index in [0.717, 1.165) is 17.3 Å². The van der Waals surface area contributed by atoms with Crippen molar-refractivity contribution in [3.63, 3.8) is 0 Å². The number of hydrogen-bond acceptors (Lipinski definition) is 2. The zero-order valence-corrected chi connectivity index (χ0v) is 10.4. The van der Waals surface area contributed by atoms with E-state index in [0.29, 0.717) is 18.5 Å². The minimum Gasteiger partial charge on any atom is -0.393 e. The number of aromatic amines is 1. The molecule has 0 spiro atoms. The molecule has 0 aliphatic heterocycles. The smallest absolute Gasteiger partial charge is 0.253 e. The molecule has 1 aromatic heterocycles. The number of carbonyl (C=O) groups excluding carboxylic acids is 1. The van der Waals surface area contributed by atoms with Crippen LogP contribution < -0.4 is 5.32 Å². The molecule has 0 aliphatic carbocycles. The molecular formula is C14H18N2O2. The monoisotopic (exact) mass is 246 g/mol. The summed E-state index contributed by atoms with van der Waals surface area (Å²) in [5, 5.41) is 13.0. The van der Waals surface area contributed by atoms with Gasteiger partial charge in [0.1, 0.15) is 0 Å². The number of aromatic nitrogens is 1. The van der Waals surface area contributed by atoms with Gasteiger partial charge in [0, 0.05) is 18.1 Å². The minimum atomic E-state index is -0.311. The Hall–Kier alpha value is -1.81. The third-order valence-electron chi connectivity index (χ3n) is 2.92. The van der Waals surface area contributed by atoms with Crippen LogP contribution in [0.2, 0.25) is 0 Å². The summed E-state index contributed by atoms with van der Waals surface area (Å²) in [7, 11) is 0. The summed E-state index contributed by atoms with van der Waals surface area (Å²) in [5.41, 5.74) is 1.53. The van der Waals surface area contributed by atoms with Gasteiger partial charge in [-0.05, 0) is 31.9 Å². The van der Waals surface area contributed by atoms with Crippen molar-refractivity contribution in [2.24, 2.45) is 0 Å². The number of aliphatic hydroxyl groups excluding tert-OH is 1. The number of amides is 1.